The first-order valence-corrected chi connectivity index (χ1v) is 19.7. The summed E-state index contributed by atoms with van der Waals surface area (Å²) in [7, 11) is -2.74. The molecule has 0 radical (unpaired) electrons. The predicted octanol–water partition coefficient (Wildman–Crippen LogP) is 9.49. The molecular weight excluding hydrogens is 591 g/mol. The molecule has 1 aliphatic rings. The van der Waals surface area contributed by atoms with Crippen molar-refractivity contribution in [1.82, 2.24) is 4.98 Å². The Hall–Kier alpha value is -2.35. The maximum atomic E-state index is 7.67. The van der Waals surface area contributed by atoms with Crippen molar-refractivity contribution in [3.05, 3.63) is 94.0 Å². The zero-order chi connectivity index (χ0) is 32.3. The molecule has 45 heavy (non-hydrogen) atoms. The minimum Gasteiger partial charge on any atom is -0.400 e. The van der Waals surface area contributed by atoms with Gasteiger partial charge in [-0.2, -0.15) is 0 Å². The number of hydrogen-bond acceptors (Lipinski definition) is 5. The Morgan fingerprint density at radius 1 is 1.04 bits per heavy atom. The van der Waals surface area contributed by atoms with Gasteiger partial charge in [-0.25, -0.2) is 4.98 Å². The second kappa shape index (κ2) is 17.0. The number of allylic oxidation sites excluding steroid dienone is 1. The van der Waals surface area contributed by atoms with Gasteiger partial charge in [0.25, 0.3) is 8.32 Å². The molecule has 1 saturated heterocycles. The Bertz CT molecular complexity index is 1320. The highest BCUT2D eigenvalue weighted by molar-refractivity contribution is 7.09. The highest BCUT2D eigenvalue weighted by Crippen LogP contribution is 2.39. The molecule has 4 nitrogen and oxygen atoms in total. The molecule has 1 aliphatic heterocycles. The molecule has 2 aromatic carbocycles. The zero-order valence-electron chi connectivity index (χ0n) is 28.7. The number of ether oxygens (including phenoxy) is 2. The van der Waals surface area contributed by atoms with Gasteiger partial charge in [0.2, 0.25) is 0 Å². The van der Waals surface area contributed by atoms with Gasteiger partial charge in [-0.3, -0.25) is 0 Å². The summed E-state index contributed by atoms with van der Waals surface area (Å²) in [6.45, 7) is 17.5. The minimum atomic E-state index is -2.74. The predicted molar refractivity (Wildman–Crippen MR) is 194 cm³/mol. The summed E-state index contributed by atoms with van der Waals surface area (Å²) in [4.78, 5) is 4.76. The van der Waals surface area contributed by atoms with Gasteiger partial charge in [0.15, 0.2) is 6.29 Å². The maximum Gasteiger partial charge on any atom is 0.261 e. The Morgan fingerprint density at radius 2 is 1.71 bits per heavy atom. The van der Waals surface area contributed by atoms with Gasteiger partial charge >= 0.3 is 0 Å². The molecule has 6 heteroatoms. The van der Waals surface area contributed by atoms with Crippen LogP contribution in [0.5, 0.6) is 0 Å². The molecule has 0 spiro atoms. The molecule has 0 aliphatic carbocycles. The fraction of sp³-hybridized carbons (Fsp3) is 0.513. The molecule has 0 N–H and O–H groups in total. The second-order valence-corrected chi connectivity index (χ2v) is 19.2. The Labute approximate surface area is 278 Å². The molecule has 244 valence electrons. The first kappa shape index (κ1) is 35.5. The second-order valence-electron chi connectivity index (χ2n) is 13.9. The molecule has 0 bridgehead atoms. The molecule has 4 rings (SSSR count). The van der Waals surface area contributed by atoms with Gasteiger partial charge in [-0.15, -0.1) is 11.3 Å². The maximum absolute atomic E-state index is 7.67. The van der Waals surface area contributed by atoms with E-state index in [-0.39, 0.29) is 17.4 Å². The van der Waals surface area contributed by atoms with Crippen molar-refractivity contribution in [3.63, 3.8) is 0 Å². The average Bonchev–Trinajstić information content (AvgIpc) is 3.45. The van der Waals surface area contributed by atoms with Crippen LogP contribution in [-0.2, 0) is 13.9 Å². The van der Waals surface area contributed by atoms with Gasteiger partial charge in [-0.1, -0.05) is 100 Å². The smallest absolute Gasteiger partial charge is 0.261 e. The normalized spacial score (nSPS) is 18.2. The van der Waals surface area contributed by atoms with Crippen LogP contribution < -0.4 is 10.4 Å². The van der Waals surface area contributed by atoms with E-state index in [0.29, 0.717) is 5.92 Å². The van der Waals surface area contributed by atoms with Gasteiger partial charge in [0.1, 0.15) is 0 Å². The number of nitrogens with zero attached hydrogens (tertiary/aromatic N) is 1. The summed E-state index contributed by atoms with van der Waals surface area (Å²) in [6.07, 6.45) is 12.2. The summed E-state index contributed by atoms with van der Waals surface area (Å²) >= 11 is 1.69. The quantitative estimate of drug-likeness (QED) is 0.122. The number of aromatic nitrogens is 1. The highest BCUT2D eigenvalue weighted by atomic mass is 32.1. The number of rotatable bonds is 15. The van der Waals surface area contributed by atoms with E-state index in [2.05, 4.69) is 127 Å². The summed E-state index contributed by atoms with van der Waals surface area (Å²) < 4.78 is 19.5. The van der Waals surface area contributed by atoms with Crippen molar-refractivity contribution in [3.8, 4) is 0 Å². The van der Waals surface area contributed by atoms with E-state index in [4.69, 9.17) is 18.9 Å². The topological polar surface area (TPSA) is 40.6 Å². The molecule has 0 amide bonds. The van der Waals surface area contributed by atoms with Crippen LogP contribution in [-0.4, -0.2) is 38.9 Å². The fourth-order valence-electron chi connectivity index (χ4n) is 6.34. The molecule has 1 aromatic heterocycles. The van der Waals surface area contributed by atoms with Crippen LogP contribution in [0.3, 0.4) is 0 Å². The lowest BCUT2D eigenvalue weighted by atomic mass is 10.0. The molecule has 1 unspecified atom stereocenters. The van der Waals surface area contributed by atoms with E-state index < -0.39 is 8.32 Å². The van der Waals surface area contributed by atoms with Crippen LogP contribution in [0.4, 0.5) is 0 Å². The third-order valence-corrected chi connectivity index (χ3v) is 14.7. The van der Waals surface area contributed by atoms with Crippen molar-refractivity contribution in [1.29, 1.82) is 0 Å². The van der Waals surface area contributed by atoms with E-state index in [9.17, 15) is 0 Å². The number of thiazole rings is 1. The molecular formula is C39H55NO3SSi. The molecule has 3 aromatic rings. The van der Waals surface area contributed by atoms with Crippen molar-refractivity contribution in [2.24, 2.45) is 5.92 Å². The fourth-order valence-corrected chi connectivity index (χ4v) is 11.6. The Morgan fingerprint density at radius 3 is 2.27 bits per heavy atom. The SMILES string of the molecule is C/C(=C\C[C@H](O[Si](c1ccccc1)(c1ccccc1)C(C)(C)C)/C(C)=C/c1csc(C)n1)CCC[C@H](C)COC1CCCCO1. The summed E-state index contributed by atoms with van der Waals surface area (Å²) in [5.41, 5.74) is 3.65. The Balaban J connectivity index is 1.55. The third kappa shape index (κ3) is 10.1. The minimum absolute atomic E-state index is 0.000190. The van der Waals surface area contributed by atoms with Crippen LogP contribution >= 0.6 is 11.3 Å². The lowest BCUT2D eigenvalue weighted by Crippen LogP contribution is -2.67. The molecule has 3 atom stereocenters. The highest BCUT2D eigenvalue weighted by Gasteiger charge is 2.51. The number of aryl methyl sites for hydroxylation is 1. The van der Waals surface area contributed by atoms with Crippen LogP contribution in [0.1, 0.15) is 97.2 Å². The van der Waals surface area contributed by atoms with E-state index in [1.165, 1.54) is 27.9 Å². The lowest BCUT2D eigenvalue weighted by Gasteiger charge is -2.45. The van der Waals surface area contributed by atoms with E-state index in [1.807, 2.05) is 0 Å². The summed E-state index contributed by atoms with van der Waals surface area (Å²) in [5.74, 6) is 0.529. The van der Waals surface area contributed by atoms with Crippen LogP contribution in [0.2, 0.25) is 5.04 Å². The van der Waals surface area contributed by atoms with E-state index in [0.717, 1.165) is 62.4 Å². The largest absolute Gasteiger partial charge is 0.400 e. The van der Waals surface area contributed by atoms with Crippen molar-refractivity contribution >= 4 is 36.1 Å². The Kier molecular flexibility index (Phi) is 13.4. The van der Waals surface area contributed by atoms with Gasteiger partial charge < -0.3 is 13.9 Å². The summed E-state index contributed by atoms with van der Waals surface area (Å²) in [5, 5.41) is 5.75. The standard InChI is InChI=1S/C39H55NO3SSi/c1-30(17-16-18-31(2)28-42-38-23-14-15-26-41-38)24-25-37(32(3)27-34-29-44-33(4)40-34)43-45(39(5,6)7,35-19-10-8-11-20-35)36-21-12-9-13-22-36/h8-13,19-22,24,27,29,31,37-38H,14-18,23,25-26,28H2,1-7H3/b30-24+,32-27+/t31-,37-,38?/m0/s1. The number of benzene rings is 2. The van der Waals surface area contributed by atoms with Crippen LogP contribution in [0.25, 0.3) is 6.08 Å². The number of hydrogen-bond donors (Lipinski definition) is 0. The third-order valence-electron chi connectivity index (χ3n) is 8.91. The van der Waals surface area contributed by atoms with Gasteiger partial charge in [0, 0.05) is 12.0 Å². The lowest BCUT2D eigenvalue weighted by molar-refractivity contribution is -0.168. The molecule has 0 saturated carbocycles. The van der Waals surface area contributed by atoms with Gasteiger partial charge in [0.05, 0.1) is 23.4 Å². The first-order valence-electron chi connectivity index (χ1n) is 16.9. The van der Waals surface area contributed by atoms with Crippen LogP contribution in [0.15, 0.2) is 83.3 Å². The molecule has 2 heterocycles. The monoisotopic (exact) mass is 645 g/mol. The first-order chi connectivity index (χ1) is 21.6. The average molecular weight is 646 g/mol. The zero-order valence-corrected chi connectivity index (χ0v) is 30.5. The van der Waals surface area contributed by atoms with Crippen molar-refractivity contribution in [2.75, 3.05) is 13.2 Å². The van der Waals surface area contributed by atoms with Crippen molar-refractivity contribution < 1.29 is 13.9 Å². The van der Waals surface area contributed by atoms with Gasteiger partial charge in [-0.05, 0) is 98.7 Å². The van der Waals surface area contributed by atoms with Crippen molar-refractivity contribution in [2.45, 2.75) is 111 Å². The van der Waals surface area contributed by atoms with Crippen LogP contribution in [0, 0.1) is 12.8 Å². The summed E-state index contributed by atoms with van der Waals surface area (Å²) in [6, 6.07) is 21.9. The molecule has 1 fully saturated rings. The van der Waals surface area contributed by atoms with E-state index >= 15 is 0 Å². The van der Waals surface area contributed by atoms with E-state index in [1.54, 1.807) is 11.3 Å².